The van der Waals surface area contributed by atoms with Gasteiger partial charge in [0.2, 0.25) is 5.95 Å². The summed E-state index contributed by atoms with van der Waals surface area (Å²) in [6.07, 6.45) is 3.19. The van der Waals surface area contributed by atoms with Gasteiger partial charge in [-0.3, -0.25) is 9.48 Å². The highest BCUT2D eigenvalue weighted by molar-refractivity contribution is 6.06. The van der Waals surface area contributed by atoms with Gasteiger partial charge in [0.25, 0.3) is 5.91 Å². The number of anilines is 2. The number of hydrogen-bond donors (Lipinski definition) is 2. The topological polar surface area (TPSA) is 98.9 Å². The van der Waals surface area contributed by atoms with Crippen molar-refractivity contribution in [3.05, 3.63) is 59.8 Å². The molecule has 28 heavy (non-hydrogen) atoms. The van der Waals surface area contributed by atoms with Gasteiger partial charge in [-0.2, -0.15) is 15.2 Å². The molecule has 0 spiro atoms. The van der Waals surface area contributed by atoms with Crippen molar-refractivity contribution in [3.8, 4) is 5.75 Å². The third-order valence-electron chi connectivity index (χ3n) is 4.72. The number of carbonyl (C=O) groups excluding carboxylic acids is 1. The molecule has 3 aromatic rings. The van der Waals surface area contributed by atoms with Crippen LogP contribution in [0.5, 0.6) is 5.75 Å². The summed E-state index contributed by atoms with van der Waals surface area (Å²) >= 11 is 0. The Morgan fingerprint density at radius 3 is 2.89 bits per heavy atom. The Morgan fingerprint density at radius 1 is 1.29 bits per heavy atom. The summed E-state index contributed by atoms with van der Waals surface area (Å²) < 4.78 is 8.91. The van der Waals surface area contributed by atoms with Crippen molar-refractivity contribution in [1.29, 1.82) is 0 Å². The summed E-state index contributed by atoms with van der Waals surface area (Å²) in [6.45, 7) is 4.54. The van der Waals surface area contributed by atoms with Crippen molar-refractivity contribution in [1.82, 2.24) is 24.5 Å². The molecular weight excluding hydrogens is 358 g/mol. The first-order chi connectivity index (χ1) is 13.6. The maximum absolute atomic E-state index is 13.3. The second kappa shape index (κ2) is 7.18. The minimum atomic E-state index is -0.448. The third kappa shape index (κ3) is 2.90. The molecule has 1 aromatic carbocycles. The van der Waals surface area contributed by atoms with Gasteiger partial charge in [-0.25, -0.2) is 4.68 Å². The molecule has 0 fully saturated rings. The number of carbonyl (C=O) groups is 1. The first kappa shape index (κ1) is 17.8. The van der Waals surface area contributed by atoms with Crippen LogP contribution in [0.3, 0.4) is 0 Å². The van der Waals surface area contributed by atoms with E-state index in [-0.39, 0.29) is 5.91 Å². The van der Waals surface area contributed by atoms with Gasteiger partial charge < -0.3 is 15.4 Å². The van der Waals surface area contributed by atoms with Crippen LogP contribution >= 0.6 is 0 Å². The van der Waals surface area contributed by atoms with Crippen molar-refractivity contribution in [2.45, 2.75) is 26.4 Å². The van der Waals surface area contributed by atoms with E-state index in [1.165, 1.54) is 6.33 Å². The molecular formula is C19H21N7O2. The average molecular weight is 379 g/mol. The zero-order chi connectivity index (χ0) is 19.7. The number of methoxy groups -OCH3 is 1. The van der Waals surface area contributed by atoms with E-state index in [0.717, 1.165) is 5.69 Å². The van der Waals surface area contributed by atoms with Gasteiger partial charge in [0.15, 0.2) is 0 Å². The Kier molecular flexibility index (Phi) is 4.56. The summed E-state index contributed by atoms with van der Waals surface area (Å²) in [5.41, 5.74) is 2.71. The van der Waals surface area contributed by atoms with E-state index >= 15 is 0 Å². The molecule has 0 saturated heterocycles. The number of aryl methyl sites for hydroxylation is 1. The summed E-state index contributed by atoms with van der Waals surface area (Å²) in [5.74, 6) is 0.930. The number of para-hydroxylation sites is 2. The van der Waals surface area contributed by atoms with Crippen LogP contribution in [0.1, 0.15) is 25.6 Å². The molecule has 1 aliphatic rings. The van der Waals surface area contributed by atoms with Crippen molar-refractivity contribution in [2.24, 2.45) is 0 Å². The fraction of sp³-hybridized carbons (Fsp3) is 0.263. The lowest BCUT2D eigenvalue weighted by Gasteiger charge is -2.28. The number of aromatic nitrogens is 5. The predicted molar refractivity (Wildman–Crippen MR) is 104 cm³/mol. The lowest BCUT2D eigenvalue weighted by Crippen LogP contribution is -2.32. The number of nitrogens with zero attached hydrogens (tertiary/aromatic N) is 5. The molecule has 3 heterocycles. The van der Waals surface area contributed by atoms with E-state index in [1.54, 1.807) is 30.1 Å². The van der Waals surface area contributed by atoms with Gasteiger partial charge in [-0.1, -0.05) is 12.1 Å². The van der Waals surface area contributed by atoms with E-state index in [1.807, 2.05) is 36.7 Å². The SMILES string of the molecule is CCn1nccc1C1C(C(=O)Nc2ccccc2OC)=C(C)Nc2ncnn21. The van der Waals surface area contributed by atoms with Gasteiger partial charge >= 0.3 is 0 Å². The lowest BCUT2D eigenvalue weighted by atomic mass is 9.99. The molecule has 9 nitrogen and oxygen atoms in total. The Balaban J connectivity index is 1.78. The fourth-order valence-electron chi connectivity index (χ4n) is 3.44. The van der Waals surface area contributed by atoms with E-state index in [9.17, 15) is 4.79 Å². The third-order valence-corrected chi connectivity index (χ3v) is 4.72. The van der Waals surface area contributed by atoms with E-state index in [0.29, 0.717) is 35.2 Å². The van der Waals surface area contributed by atoms with Gasteiger partial charge in [0, 0.05) is 18.4 Å². The van der Waals surface area contributed by atoms with E-state index in [2.05, 4.69) is 25.8 Å². The predicted octanol–water partition coefficient (Wildman–Crippen LogP) is 2.43. The maximum Gasteiger partial charge on any atom is 0.256 e. The average Bonchev–Trinajstić information content (AvgIpc) is 3.36. The molecule has 0 saturated carbocycles. The van der Waals surface area contributed by atoms with Crippen LogP contribution in [0, 0.1) is 0 Å². The molecule has 0 aliphatic carbocycles. The molecule has 9 heteroatoms. The van der Waals surface area contributed by atoms with Crippen LogP contribution in [0.25, 0.3) is 0 Å². The second-order valence-corrected chi connectivity index (χ2v) is 6.32. The number of nitrogens with one attached hydrogen (secondary N) is 2. The van der Waals surface area contributed by atoms with Crippen molar-refractivity contribution < 1.29 is 9.53 Å². The van der Waals surface area contributed by atoms with Gasteiger partial charge in [-0.05, 0) is 32.0 Å². The summed E-state index contributed by atoms with van der Waals surface area (Å²) in [5, 5.41) is 14.8. The number of benzene rings is 1. The first-order valence-corrected chi connectivity index (χ1v) is 8.97. The summed E-state index contributed by atoms with van der Waals surface area (Å²) in [4.78, 5) is 17.6. The van der Waals surface area contributed by atoms with E-state index in [4.69, 9.17) is 4.74 Å². The zero-order valence-corrected chi connectivity index (χ0v) is 15.9. The first-order valence-electron chi connectivity index (χ1n) is 8.97. The number of rotatable bonds is 5. The highest BCUT2D eigenvalue weighted by Crippen LogP contribution is 2.35. The molecule has 1 amide bonds. The Labute approximate surface area is 162 Å². The number of allylic oxidation sites excluding steroid dienone is 1. The highest BCUT2D eigenvalue weighted by Gasteiger charge is 2.35. The normalized spacial score (nSPS) is 15.8. The standard InChI is InChI=1S/C19H21N7O2/c1-4-25-14(9-10-21-25)17-16(12(2)23-19-20-11-22-26(17)19)18(27)24-13-7-5-6-8-15(13)28-3/h5-11,17H,4H2,1-3H3,(H,24,27)(H,20,22,23). The molecule has 1 atom stereocenters. The minimum absolute atomic E-state index is 0.246. The van der Waals surface area contributed by atoms with Crippen molar-refractivity contribution in [3.63, 3.8) is 0 Å². The quantitative estimate of drug-likeness (QED) is 0.706. The van der Waals surface area contributed by atoms with Crippen LogP contribution in [0.4, 0.5) is 11.6 Å². The number of ether oxygens (including phenoxy) is 1. The van der Waals surface area contributed by atoms with Gasteiger partial charge in [0.05, 0.1) is 24.1 Å². The van der Waals surface area contributed by atoms with Crippen molar-refractivity contribution >= 4 is 17.5 Å². The smallest absolute Gasteiger partial charge is 0.256 e. The summed E-state index contributed by atoms with van der Waals surface area (Å²) in [7, 11) is 1.57. The minimum Gasteiger partial charge on any atom is -0.495 e. The van der Waals surface area contributed by atoms with Crippen LogP contribution in [-0.4, -0.2) is 37.6 Å². The molecule has 1 aliphatic heterocycles. The Morgan fingerprint density at radius 2 is 2.11 bits per heavy atom. The molecule has 4 rings (SSSR count). The number of fused-ring (bicyclic) bond motifs is 1. The molecule has 0 bridgehead atoms. The molecule has 144 valence electrons. The molecule has 2 N–H and O–H groups in total. The molecule has 1 unspecified atom stereocenters. The number of hydrogen-bond acceptors (Lipinski definition) is 6. The lowest BCUT2D eigenvalue weighted by molar-refractivity contribution is -0.113. The van der Waals surface area contributed by atoms with Crippen LogP contribution in [0.15, 0.2) is 54.1 Å². The zero-order valence-electron chi connectivity index (χ0n) is 15.9. The van der Waals surface area contributed by atoms with Crippen LogP contribution in [0.2, 0.25) is 0 Å². The number of amides is 1. The van der Waals surface area contributed by atoms with Crippen LogP contribution < -0.4 is 15.4 Å². The largest absolute Gasteiger partial charge is 0.495 e. The van der Waals surface area contributed by atoms with Gasteiger partial charge in [0.1, 0.15) is 18.1 Å². The Hall–Kier alpha value is -3.62. The molecule has 0 radical (unpaired) electrons. The maximum atomic E-state index is 13.3. The second-order valence-electron chi connectivity index (χ2n) is 6.32. The molecule has 2 aromatic heterocycles. The van der Waals surface area contributed by atoms with E-state index < -0.39 is 6.04 Å². The monoisotopic (exact) mass is 379 g/mol. The van der Waals surface area contributed by atoms with Crippen molar-refractivity contribution in [2.75, 3.05) is 17.7 Å². The van der Waals surface area contributed by atoms with Crippen LogP contribution in [-0.2, 0) is 11.3 Å². The Bertz CT molecular complexity index is 1050. The fourth-order valence-corrected chi connectivity index (χ4v) is 3.44. The highest BCUT2D eigenvalue weighted by atomic mass is 16.5. The summed E-state index contributed by atoms with van der Waals surface area (Å²) in [6, 6.07) is 8.75. The van der Waals surface area contributed by atoms with Gasteiger partial charge in [-0.15, -0.1) is 0 Å².